The second-order valence-corrected chi connectivity index (χ2v) is 7.49. The van der Waals surface area contributed by atoms with Crippen molar-refractivity contribution in [2.24, 2.45) is 5.16 Å². The van der Waals surface area contributed by atoms with Crippen LogP contribution in [0.1, 0.15) is 36.6 Å². The monoisotopic (exact) mass is 397 g/mol. The number of hydrogen-bond acceptors (Lipinski definition) is 4. The van der Waals surface area contributed by atoms with Gasteiger partial charge in [-0.1, -0.05) is 11.2 Å². The number of anilines is 1. The van der Waals surface area contributed by atoms with Gasteiger partial charge in [0.1, 0.15) is 17.7 Å². The molecule has 2 unspecified atom stereocenters. The number of benzene rings is 2. The van der Waals surface area contributed by atoms with Gasteiger partial charge in [0.05, 0.1) is 29.4 Å². The molecule has 7 heteroatoms. The van der Waals surface area contributed by atoms with E-state index in [0.717, 1.165) is 17.3 Å². The average molecular weight is 397 g/mol. The first kappa shape index (κ1) is 19.1. The van der Waals surface area contributed by atoms with E-state index in [9.17, 15) is 13.6 Å². The number of nitrogen functional groups attached to an aromatic ring is 1. The molecule has 1 aliphatic heterocycles. The Bertz CT molecular complexity index is 1220. The fraction of sp³-hybridized carbons (Fsp3) is 0.273. The molecule has 4 rings (SSSR count). The molecular formula is C22H21F2N3O2. The second kappa shape index (κ2) is 6.99. The summed E-state index contributed by atoms with van der Waals surface area (Å²) in [4.78, 5) is 17.9. The van der Waals surface area contributed by atoms with Crippen molar-refractivity contribution >= 4 is 22.3 Å². The van der Waals surface area contributed by atoms with Crippen LogP contribution in [0.4, 0.5) is 14.5 Å². The van der Waals surface area contributed by atoms with E-state index in [1.54, 1.807) is 13.0 Å². The SMILES string of the molecule is CC1=NOC(C)C1c1ccc2c(=O)cc(C)n(Cc3cc(F)cc(F)c3N)c2c1. The van der Waals surface area contributed by atoms with E-state index in [0.29, 0.717) is 22.2 Å². The number of halogens is 2. The molecule has 29 heavy (non-hydrogen) atoms. The van der Waals surface area contributed by atoms with Crippen molar-refractivity contribution < 1.29 is 13.6 Å². The maximum absolute atomic E-state index is 13.9. The molecule has 0 spiro atoms. The Morgan fingerprint density at radius 1 is 1.17 bits per heavy atom. The minimum Gasteiger partial charge on any atom is -0.396 e. The fourth-order valence-electron chi connectivity index (χ4n) is 3.99. The summed E-state index contributed by atoms with van der Waals surface area (Å²) in [5.41, 5.74) is 9.10. The molecule has 3 aromatic rings. The van der Waals surface area contributed by atoms with Crippen molar-refractivity contribution in [2.45, 2.75) is 39.3 Å². The van der Waals surface area contributed by atoms with Crippen LogP contribution in [0.2, 0.25) is 0 Å². The van der Waals surface area contributed by atoms with E-state index >= 15 is 0 Å². The van der Waals surface area contributed by atoms with Crippen LogP contribution < -0.4 is 11.2 Å². The van der Waals surface area contributed by atoms with Crippen LogP contribution in [0.25, 0.3) is 10.9 Å². The van der Waals surface area contributed by atoms with Crippen LogP contribution in [-0.2, 0) is 11.4 Å². The minimum atomic E-state index is -0.799. The van der Waals surface area contributed by atoms with Crippen molar-refractivity contribution in [3.8, 4) is 0 Å². The first-order chi connectivity index (χ1) is 13.8. The molecule has 0 saturated heterocycles. The number of oxime groups is 1. The third-order valence-corrected chi connectivity index (χ3v) is 5.49. The van der Waals surface area contributed by atoms with Gasteiger partial charge in [-0.15, -0.1) is 0 Å². The highest BCUT2D eigenvalue weighted by molar-refractivity contribution is 5.91. The van der Waals surface area contributed by atoms with E-state index in [4.69, 9.17) is 10.6 Å². The molecule has 2 aromatic carbocycles. The highest BCUT2D eigenvalue weighted by Crippen LogP contribution is 2.31. The lowest BCUT2D eigenvalue weighted by Crippen LogP contribution is -2.18. The van der Waals surface area contributed by atoms with Crippen LogP contribution in [0.5, 0.6) is 0 Å². The number of hydrogen-bond donors (Lipinski definition) is 1. The summed E-state index contributed by atoms with van der Waals surface area (Å²) in [5, 5.41) is 4.58. The van der Waals surface area contributed by atoms with E-state index in [-0.39, 0.29) is 29.7 Å². The molecule has 2 heterocycles. The Morgan fingerprint density at radius 3 is 2.62 bits per heavy atom. The van der Waals surface area contributed by atoms with E-state index in [1.807, 2.05) is 30.5 Å². The molecule has 0 saturated carbocycles. The second-order valence-electron chi connectivity index (χ2n) is 7.49. The lowest BCUT2D eigenvalue weighted by atomic mass is 9.90. The number of pyridine rings is 1. The predicted molar refractivity (Wildman–Crippen MR) is 109 cm³/mol. The average Bonchev–Trinajstić information content (AvgIpc) is 3.00. The summed E-state index contributed by atoms with van der Waals surface area (Å²) in [6, 6.07) is 9.09. The molecular weight excluding hydrogens is 376 g/mol. The zero-order valence-corrected chi connectivity index (χ0v) is 16.4. The number of aryl methyl sites for hydroxylation is 1. The van der Waals surface area contributed by atoms with E-state index in [1.165, 1.54) is 12.1 Å². The molecule has 1 aromatic heterocycles. The molecule has 2 atom stereocenters. The Labute approximate surface area is 166 Å². The topological polar surface area (TPSA) is 69.6 Å². The van der Waals surface area contributed by atoms with Crippen LogP contribution >= 0.6 is 0 Å². The maximum Gasteiger partial charge on any atom is 0.189 e. The molecule has 0 amide bonds. The summed E-state index contributed by atoms with van der Waals surface area (Å²) in [5.74, 6) is -1.52. The Balaban J connectivity index is 1.91. The number of rotatable bonds is 3. The minimum absolute atomic E-state index is 0.0276. The molecule has 1 aliphatic rings. The van der Waals surface area contributed by atoms with Gasteiger partial charge in [-0.25, -0.2) is 8.78 Å². The zero-order valence-electron chi connectivity index (χ0n) is 16.4. The van der Waals surface area contributed by atoms with Gasteiger partial charge in [0, 0.05) is 28.8 Å². The van der Waals surface area contributed by atoms with Crippen molar-refractivity contribution in [3.05, 3.63) is 75.1 Å². The lowest BCUT2D eigenvalue weighted by Gasteiger charge is -2.19. The van der Waals surface area contributed by atoms with Crippen molar-refractivity contribution in [3.63, 3.8) is 0 Å². The van der Waals surface area contributed by atoms with Gasteiger partial charge in [-0.2, -0.15) is 0 Å². The highest BCUT2D eigenvalue weighted by Gasteiger charge is 2.30. The number of aromatic nitrogens is 1. The Morgan fingerprint density at radius 2 is 1.93 bits per heavy atom. The summed E-state index contributed by atoms with van der Waals surface area (Å²) < 4.78 is 29.5. The van der Waals surface area contributed by atoms with Gasteiger partial charge in [0.15, 0.2) is 5.43 Å². The summed E-state index contributed by atoms with van der Waals surface area (Å²) >= 11 is 0. The van der Waals surface area contributed by atoms with Crippen LogP contribution in [-0.4, -0.2) is 16.4 Å². The van der Waals surface area contributed by atoms with Gasteiger partial charge < -0.3 is 15.1 Å². The summed E-state index contributed by atoms with van der Waals surface area (Å²) in [7, 11) is 0. The van der Waals surface area contributed by atoms with Gasteiger partial charge in [-0.05, 0) is 44.5 Å². The van der Waals surface area contributed by atoms with Crippen LogP contribution in [0.15, 0.2) is 46.3 Å². The molecule has 0 aliphatic carbocycles. The molecule has 5 nitrogen and oxygen atoms in total. The van der Waals surface area contributed by atoms with Gasteiger partial charge in [-0.3, -0.25) is 4.79 Å². The third kappa shape index (κ3) is 3.26. The van der Waals surface area contributed by atoms with Crippen molar-refractivity contribution in [2.75, 3.05) is 5.73 Å². The molecule has 150 valence electrons. The van der Waals surface area contributed by atoms with Crippen LogP contribution in [0.3, 0.4) is 0 Å². The third-order valence-electron chi connectivity index (χ3n) is 5.49. The normalized spacial score (nSPS) is 18.7. The van der Waals surface area contributed by atoms with Crippen molar-refractivity contribution in [1.82, 2.24) is 4.57 Å². The highest BCUT2D eigenvalue weighted by atomic mass is 19.1. The van der Waals surface area contributed by atoms with Crippen LogP contribution in [0, 0.1) is 18.6 Å². The quantitative estimate of drug-likeness (QED) is 0.677. The summed E-state index contributed by atoms with van der Waals surface area (Å²) in [6.07, 6.45) is -0.120. The number of fused-ring (bicyclic) bond motifs is 1. The van der Waals surface area contributed by atoms with E-state index in [2.05, 4.69) is 5.16 Å². The first-order valence-electron chi connectivity index (χ1n) is 9.34. The van der Waals surface area contributed by atoms with E-state index < -0.39 is 11.6 Å². The predicted octanol–water partition coefficient (Wildman–Crippen LogP) is 4.10. The molecule has 2 N–H and O–H groups in total. The largest absolute Gasteiger partial charge is 0.396 e. The standard InChI is InChI=1S/C22H21F2N3O2/c1-11-6-20(28)17-5-4-14(21-12(2)26-29-13(21)3)8-19(17)27(11)10-15-7-16(23)9-18(24)22(15)25/h4-9,13,21H,10,25H2,1-3H3. The maximum atomic E-state index is 13.9. The molecule has 0 radical (unpaired) electrons. The van der Waals surface area contributed by atoms with Gasteiger partial charge >= 0.3 is 0 Å². The number of nitrogens with zero attached hydrogens (tertiary/aromatic N) is 2. The smallest absolute Gasteiger partial charge is 0.189 e. The molecule has 0 bridgehead atoms. The summed E-state index contributed by atoms with van der Waals surface area (Å²) in [6.45, 7) is 5.76. The fourth-order valence-corrected chi connectivity index (χ4v) is 3.99. The van der Waals surface area contributed by atoms with Gasteiger partial charge in [0.25, 0.3) is 0 Å². The Kier molecular flexibility index (Phi) is 4.61. The molecule has 0 fully saturated rings. The van der Waals surface area contributed by atoms with Gasteiger partial charge in [0.2, 0.25) is 0 Å². The first-order valence-corrected chi connectivity index (χ1v) is 9.34. The number of nitrogens with two attached hydrogens (primary N) is 1. The Hall–Kier alpha value is -3.22. The lowest BCUT2D eigenvalue weighted by molar-refractivity contribution is 0.0905. The van der Waals surface area contributed by atoms with Crippen molar-refractivity contribution in [1.29, 1.82) is 0 Å². The zero-order chi connectivity index (χ0) is 20.9.